The molecule has 0 aromatic carbocycles. The molecule has 0 radical (unpaired) electrons. The molecule has 14 nitrogen and oxygen atoms in total. The van der Waals surface area contributed by atoms with E-state index >= 15 is 0 Å². The van der Waals surface area contributed by atoms with Gasteiger partial charge >= 0.3 is 29.8 Å². The van der Waals surface area contributed by atoms with Gasteiger partial charge < -0.3 is 38.6 Å². The Morgan fingerprint density at radius 3 is 1.68 bits per heavy atom. The molecular formula is C33H34O14. The van der Waals surface area contributed by atoms with E-state index in [2.05, 4.69) is 0 Å². The topological polar surface area (TPSA) is 198 Å². The molecule has 14 heteroatoms. The van der Waals surface area contributed by atoms with Crippen LogP contribution in [0.4, 0.5) is 0 Å². The van der Waals surface area contributed by atoms with E-state index in [0.717, 1.165) is 6.08 Å². The van der Waals surface area contributed by atoms with E-state index in [1.54, 1.807) is 18.2 Å². The molecule has 0 bridgehead atoms. The van der Waals surface area contributed by atoms with Crippen LogP contribution in [-0.2, 0) is 57.2 Å². The molecule has 2 saturated heterocycles. The second kappa shape index (κ2) is 14.0. The predicted molar refractivity (Wildman–Crippen MR) is 158 cm³/mol. The number of ether oxygens (including phenoxy) is 6. The number of Topliss-reactive ketones (excluding diaryl/α,β-unsaturated/α-hetero) is 1. The molecule has 2 N–H and O–H groups in total. The van der Waals surface area contributed by atoms with Crippen molar-refractivity contribution in [1.82, 2.24) is 0 Å². The van der Waals surface area contributed by atoms with Gasteiger partial charge in [0.15, 0.2) is 5.78 Å². The van der Waals surface area contributed by atoms with Crippen LogP contribution in [0, 0.1) is 0 Å². The summed E-state index contributed by atoms with van der Waals surface area (Å²) in [5.74, 6) is -10.6. The number of carbonyl (C=O) groups excluding carboxylic acids is 6. The fourth-order valence-electron chi connectivity index (χ4n) is 4.91. The van der Waals surface area contributed by atoms with Gasteiger partial charge in [-0.05, 0) is 32.1 Å². The van der Waals surface area contributed by atoms with Gasteiger partial charge in [-0.15, -0.1) is 0 Å². The minimum Gasteiger partial charge on any atom is -0.480 e. The first-order chi connectivity index (χ1) is 22.2. The van der Waals surface area contributed by atoms with E-state index < -0.39 is 70.6 Å². The Balaban J connectivity index is 1.33. The van der Waals surface area contributed by atoms with Crippen LogP contribution in [-0.4, -0.2) is 69.3 Å². The van der Waals surface area contributed by atoms with Gasteiger partial charge in [-0.2, -0.15) is 0 Å². The van der Waals surface area contributed by atoms with Crippen molar-refractivity contribution in [3.8, 4) is 0 Å². The third-order valence-corrected chi connectivity index (χ3v) is 7.56. The molecule has 1 unspecified atom stereocenters. The van der Waals surface area contributed by atoms with Crippen molar-refractivity contribution in [3.63, 3.8) is 0 Å². The lowest BCUT2D eigenvalue weighted by Gasteiger charge is -2.46. The number of aliphatic hydroxyl groups is 2. The van der Waals surface area contributed by atoms with E-state index in [9.17, 15) is 39.0 Å². The monoisotopic (exact) mass is 654 g/mol. The van der Waals surface area contributed by atoms with E-state index in [0.29, 0.717) is 0 Å². The molecular weight excluding hydrogens is 620 g/mol. The Morgan fingerprint density at radius 2 is 1.19 bits per heavy atom. The van der Waals surface area contributed by atoms with Crippen LogP contribution in [0.15, 0.2) is 83.4 Å². The average Bonchev–Trinajstić information content (AvgIpc) is 2.99. The molecule has 4 rings (SSSR count). The molecule has 1 saturated carbocycles. The molecule has 0 aromatic heterocycles. The van der Waals surface area contributed by atoms with Gasteiger partial charge in [-0.3, -0.25) is 4.79 Å². The number of esters is 5. The lowest BCUT2D eigenvalue weighted by atomic mass is 9.87. The van der Waals surface area contributed by atoms with Crippen molar-refractivity contribution in [3.05, 3.63) is 83.4 Å². The van der Waals surface area contributed by atoms with Gasteiger partial charge in [0.05, 0.1) is 0 Å². The van der Waals surface area contributed by atoms with Gasteiger partial charge in [0.2, 0.25) is 0 Å². The van der Waals surface area contributed by atoms with E-state index in [-0.39, 0.29) is 49.7 Å². The Labute approximate surface area is 269 Å². The minimum atomic E-state index is -1.67. The number of aliphatic hydroxyl groups excluding tert-OH is 2. The van der Waals surface area contributed by atoms with Gasteiger partial charge in [0.25, 0.3) is 23.3 Å². The van der Waals surface area contributed by atoms with Crippen molar-refractivity contribution < 1.29 is 67.4 Å². The number of rotatable bonds is 9. The molecule has 1 atom stereocenters. The summed E-state index contributed by atoms with van der Waals surface area (Å²) >= 11 is 0. The summed E-state index contributed by atoms with van der Waals surface area (Å²) in [6, 6.07) is 0. The zero-order valence-corrected chi connectivity index (χ0v) is 25.9. The first-order valence-electron chi connectivity index (χ1n) is 14.8. The summed E-state index contributed by atoms with van der Waals surface area (Å²) in [7, 11) is 0. The lowest BCUT2D eigenvalue weighted by molar-refractivity contribution is -0.297. The van der Waals surface area contributed by atoms with Crippen LogP contribution in [0.5, 0.6) is 0 Å². The Morgan fingerprint density at radius 1 is 0.723 bits per heavy atom. The summed E-state index contributed by atoms with van der Waals surface area (Å²) in [6.45, 7) is 4.44. The third kappa shape index (κ3) is 8.14. The van der Waals surface area contributed by atoms with Crippen LogP contribution in [0.2, 0.25) is 0 Å². The average molecular weight is 655 g/mol. The standard InChI is InChI=1S/C33H34O14/c1-4-5-6-8-11-22-27(38)44-32(45-28(22)39)16-18-33(19-17-32)46-29(40)23(30(41)47-33)13-10-7-9-12-21-25(36)42-31(3,43-26(21)37)15-14-24(35)20(2)34/h4-13,20,34,40H,14-19H2,1-3H3/b5-4+,8-6+,9-7+,13-10+,21-12?,22-11?. The number of hydrogen-bond donors (Lipinski definition) is 2. The molecule has 2 spiro atoms. The SMILES string of the molecule is C/C=C/C=C/C=C1C(=O)OC2(CCC3(CC2)OC(=O)C(/C=C/C=C/C=C2C(=O)OC(C)(CCC(=O)C(C)O)OC2=O)=C(O)O3)OC1=O. The number of ketones is 1. The highest BCUT2D eigenvalue weighted by atomic mass is 16.8. The van der Waals surface area contributed by atoms with Crippen molar-refractivity contribution in [2.45, 2.75) is 82.8 Å². The zero-order chi connectivity index (χ0) is 34.4. The van der Waals surface area contributed by atoms with Crippen LogP contribution in [0.25, 0.3) is 0 Å². The van der Waals surface area contributed by atoms with Gasteiger partial charge in [-0.1, -0.05) is 42.5 Å². The van der Waals surface area contributed by atoms with Gasteiger partial charge in [-0.25, -0.2) is 24.0 Å². The Bertz CT molecular complexity index is 1510. The summed E-state index contributed by atoms with van der Waals surface area (Å²) < 4.78 is 32.4. The molecule has 0 aromatic rings. The van der Waals surface area contributed by atoms with E-state index in [4.69, 9.17) is 28.4 Å². The summed E-state index contributed by atoms with van der Waals surface area (Å²) in [4.78, 5) is 74.3. The zero-order valence-electron chi connectivity index (χ0n) is 25.9. The Kier molecular flexibility index (Phi) is 10.3. The number of allylic oxidation sites excluding steroid dienone is 9. The summed E-state index contributed by atoms with van der Waals surface area (Å²) in [5, 5.41) is 19.8. The second-order valence-corrected chi connectivity index (χ2v) is 11.2. The molecule has 0 amide bonds. The van der Waals surface area contributed by atoms with Crippen molar-refractivity contribution in [1.29, 1.82) is 0 Å². The molecule has 3 fully saturated rings. The maximum atomic E-state index is 12.8. The Hall–Kier alpha value is -5.24. The maximum absolute atomic E-state index is 12.8. The van der Waals surface area contributed by atoms with Crippen molar-refractivity contribution in [2.75, 3.05) is 0 Å². The first kappa shape index (κ1) is 34.6. The summed E-state index contributed by atoms with van der Waals surface area (Å²) in [5.41, 5.74) is -1.00. The van der Waals surface area contributed by atoms with Gasteiger partial charge in [0.1, 0.15) is 22.8 Å². The highest BCUT2D eigenvalue weighted by Gasteiger charge is 2.56. The third-order valence-electron chi connectivity index (χ3n) is 7.56. The first-order valence-corrected chi connectivity index (χ1v) is 14.8. The van der Waals surface area contributed by atoms with Crippen LogP contribution in [0.1, 0.15) is 59.3 Å². The highest BCUT2D eigenvalue weighted by molar-refractivity contribution is 6.16. The molecule has 3 heterocycles. The number of carbonyl (C=O) groups is 6. The van der Waals surface area contributed by atoms with E-state index in [1.807, 2.05) is 6.92 Å². The lowest BCUT2D eigenvalue weighted by Crippen LogP contribution is -2.54. The van der Waals surface area contributed by atoms with Crippen LogP contribution < -0.4 is 0 Å². The fraction of sp³-hybridized carbons (Fsp3) is 0.394. The van der Waals surface area contributed by atoms with Crippen molar-refractivity contribution in [2.24, 2.45) is 0 Å². The normalized spacial score (nSPS) is 28.9. The quantitative estimate of drug-likeness (QED) is 0.121. The summed E-state index contributed by atoms with van der Waals surface area (Å²) in [6.07, 6.45) is 12.4. The van der Waals surface area contributed by atoms with Crippen LogP contribution >= 0.6 is 0 Å². The van der Waals surface area contributed by atoms with Crippen molar-refractivity contribution >= 4 is 35.6 Å². The van der Waals surface area contributed by atoms with E-state index in [1.165, 1.54) is 50.3 Å². The fourth-order valence-corrected chi connectivity index (χ4v) is 4.91. The van der Waals surface area contributed by atoms with Crippen LogP contribution in [0.3, 0.4) is 0 Å². The smallest absolute Gasteiger partial charge is 0.348 e. The number of cyclic esters (lactones) is 2. The minimum absolute atomic E-state index is 0.0562. The molecule has 3 aliphatic heterocycles. The molecule has 1 aliphatic carbocycles. The molecule has 4 aliphatic rings. The highest BCUT2D eigenvalue weighted by Crippen LogP contribution is 2.45. The number of hydrogen-bond acceptors (Lipinski definition) is 14. The predicted octanol–water partition coefficient (Wildman–Crippen LogP) is 3.04. The second-order valence-electron chi connectivity index (χ2n) is 11.2. The maximum Gasteiger partial charge on any atom is 0.348 e. The largest absolute Gasteiger partial charge is 0.480 e. The molecule has 47 heavy (non-hydrogen) atoms. The molecule has 250 valence electrons. The van der Waals surface area contributed by atoms with Gasteiger partial charge in [0, 0.05) is 45.4 Å².